The van der Waals surface area contributed by atoms with E-state index in [4.69, 9.17) is 4.74 Å². The first-order chi connectivity index (χ1) is 13.9. The molecule has 0 radical (unpaired) electrons. The van der Waals surface area contributed by atoms with E-state index in [9.17, 15) is 14.4 Å². The lowest BCUT2D eigenvalue weighted by molar-refractivity contribution is -0.132. The number of ether oxygens (including phenoxy) is 1. The summed E-state index contributed by atoms with van der Waals surface area (Å²) in [6, 6.07) is 14.2. The second-order valence-corrected chi connectivity index (χ2v) is 7.45. The highest BCUT2D eigenvalue weighted by Crippen LogP contribution is 2.18. The van der Waals surface area contributed by atoms with Gasteiger partial charge < -0.3 is 14.5 Å². The van der Waals surface area contributed by atoms with E-state index < -0.39 is 5.97 Å². The molecule has 1 heterocycles. The molecule has 0 aromatic heterocycles. The average Bonchev–Trinajstić information content (AvgIpc) is 2.72. The Morgan fingerprint density at radius 1 is 0.966 bits per heavy atom. The van der Waals surface area contributed by atoms with Gasteiger partial charge in [0.25, 0.3) is 5.91 Å². The third-order valence-electron chi connectivity index (χ3n) is 4.53. The van der Waals surface area contributed by atoms with E-state index >= 15 is 0 Å². The average molecular weight is 457 g/mol. The molecule has 0 N–H and O–H groups in total. The molecule has 0 bridgehead atoms. The van der Waals surface area contributed by atoms with Crippen molar-refractivity contribution >= 4 is 39.8 Å². The van der Waals surface area contributed by atoms with E-state index in [-0.39, 0.29) is 11.8 Å². The molecule has 29 heavy (non-hydrogen) atoms. The number of benzene rings is 2. The first-order valence-corrected chi connectivity index (χ1v) is 10.0. The summed E-state index contributed by atoms with van der Waals surface area (Å²) in [5, 5.41) is 0. The molecule has 150 valence electrons. The molecule has 0 atom stereocenters. The van der Waals surface area contributed by atoms with Gasteiger partial charge in [0.2, 0.25) is 5.91 Å². The van der Waals surface area contributed by atoms with Gasteiger partial charge in [0.1, 0.15) is 5.75 Å². The van der Waals surface area contributed by atoms with Crippen LogP contribution in [0.25, 0.3) is 6.08 Å². The van der Waals surface area contributed by atoms with Crippen molar-refractivity contribution in [1.82, 2.24) is 9.80 Å². The lowest BCUT2D eigenvalue weighted by Gasteiger charge is -2.34. The Bertz CT molecular complexity index is 949. The smallest absolute Gasteiger partial charge is 0.308 e. The van der Waals surface area contributed by atoms with Crippen molar-refractivity contribution in [2.24, 2.45) is 0 Å². The lowest BCUT2D eigenvalue weighted by atomic mass is 10.1. The fourth-order valence-electron chi connectivity index (χ4n) is 3.05. The summed E-state index contributed by atoms with van der Waals surface area (Å²) in [6.07, 6.45) is 3.34. The molecule has 3 rings (SSSR count). The first-order valence-electron chi connectivity index (χ1n) is 9.23. The van der Waals surface area contributed by atoms with Crippen LogP contribution in [0.5, 0.6) is 5.75 Å². The van der Waals surface area contributed by atoms with Gasteiger partial charge in [-0.3, -0.25) is 14.4 Å². The number of esters is 1. The van der Waals surface area contributed by atoms with Crippen molar-refractivity contribution in [2.75, 3.05) is 26.2 Å². The van der Waals surface area contributed by atoms with Gasteiger partial charge in [-0.1, -0.05) is 40.2 Å². The Balaban J connectivity index is 1.57. The van der Waals surface area contributed by atoms with Gasteiger partial charge in [0.05, 0.1) is 0 Å². The molecular weight excluding hydrogens is 436 g/mol. The zero-order valence-corrected chi connectivity index (χ0v) is 17.6. The van der Waals surface area contributed by atoms with Gasteiger partial charge in [-0.05, 0) is 35.9 Å². The van der Waals surface area contributed by atoms with Crippen LogP contribution in [-0.2, 0) is 9.59 Å². The van der Waals surface area contributed by atoms with Crippen molar-refractivity contribution in [1.29, 1.82) is 0 Å². The van der Waals surface area contributed by atoms with Crippen LogP contribution in [0.4, 0.5) is 0 Å². The van der Waals surface area contributed by atoms with E-state index in [2.05, 4.69) is 15.9 Å². The van der Waals surface area contributed by atoms with Gasteiger partial charge in [-0.15, -0.1) is 0 Å². The van der Waals surface area contributed by atoms with Crippen molar-refractivity contribution in [3.05, 3.63) is 70.2 Å². The lowest BCUT2D eigenvalue weighted by Crippen LogP contribution is -2.50. The maximum atomic E-state index is 12.7. The summed E-state index contributed by atoms with van der Waals surface area (Å²) in [7, 11) is 0. The fourth-order valence-corrected chi connectivity index (χ4v) is 3.46. The van der Waals surface area contributed by atoms with Crippen LogP contribution < -0.4 is 4.74 Å². The van der Waals surface area contributed by atoms with Gasteiger partial charge in [0.15, 0.2) is 0 Å². The maximum absolute atomic E-state index is 12.7. The minimum atomic E-state index is -0.433. The molecule has 6 nitrogen and oxygen atoms in total. The number of nitrogens with zero attached hydrogens (tertiary/aromatic N) is 2. The Morgan fingerprint density at radius 2 is 1.66 bits per heavy atom. The second kappa shape index (κ2) is 9.52. The number of rotatable bonds is 4. The number of hydrogen-bond acceptors (Lipinski definition) is 4. The molecule has 2 amide bonds. The molecule has 1 fully saturated rings. The van der Waals surface area contributed by atoms with E-state index in [0.29, 0.717) is 37.5 Å². The summed E-state index contributed by atoms with van der Waals surface area (Å²) >= 11 is 3.46. The third-order valence-corrected chi connectivity index (χ3v) is 5.25. The number of halogens is 1. The predicted molar refractivity (Wildman–Crippen MR) is 113 cm³/mol. The maximum Gasteiger partial charge on any atom is 0.308 e. The molecule has 0 aliphatic carbocycles. The molecule has 0 saturated carbocycles. The molecular formula is C22H21BrN2O4. The summed E-state index contributed by atoms with van der Waals surface area (Å²) in [5.41, 5.74) is 1.39. The van der Waals surface area contributed by atoms with Crippen molar-refractivity contribution in [3.8, 4) is 5.75 Å². The summed E-state index contributed by atoms with van der Waals surface area (Å²) in [6.45, 7) is 3.15. The Hall–Kier alpha value is -2.93. The van der Waals surface area contributed by atoms with E-state index in [0.717, 1.165) is 10.0 Å². The molecule has 2 aromatic rings. The van der Waals surface area contributed by atoms with Crippen molar-refractivity contribution in [2.45, 2.75) is 6.92 Å². The van der Waals surface area contributed by atoms with Gasteiger partial charge in [-0.25, -0.2) is 0 Å². The minimum absolute atomic E-state index is 0.0790. The van der Waals surface area contributed by atoms with E-state index in [1.165, 1.54) is 6.92 Å². The number of piperazine rings is 1. The zero-order valence-electron chi connectivity index (χ0n) is 16.0. The minimum Gasteiger partial charge on any atom is -0.427 e. The normalized spacial score (nSPS) is 14.1. The topological polar surface area (TPSA) is 66.9 Å². The van der Waals surface area contributed by atoms with Crippen LogP contribution in [-0.4, -0.2) is 53.8 Å². The van der Waals surface area contributed by atoms with E-state index in [1.54, 1.807) is 46.2 Å². The summed E-state index contributed by atoms with van der Waals surface area (Å²) in [4.78, 5) is 39.7. The zero-order chi connectivity index (χ0) is 20.8. The Morgan fingerprint density at radius 3 is 2.34 bits per heavy atom. The van der Waals surface area contributed by atoms with Crippen LogP contribution in [0.15, 0.2) is 59.1 Å². The fraction of sp³-hybridized carbons (Fsp3) is 0.227. The quantitative estimate of drug-likeness (QED) is 0.401. The predicted octanol–water partition coefficient (Wildman–Crippen LogP) is 3.37. The number of amides is 2. The SMILES string of the molecule is CC(=O)Oc1cccc(C(=O)N2CCN(C(=O)/C=C/c3ccccc3Br)CC2)c1. The van der Waals surface area contributed by atoms with E-state index in [1.807, 2.05) is 24.3 Å². The summed E-state index contributed by atoms with van der Waals surface area (Å²) < 4.78 is 5.97. The highest BCUT2D eigenvalue weighted by Gasteiger charge is 2.24. The monoisotopic (exact) mass is 456 g/mol. The van der Waals surface area contributed by atoms with Crippen LogP contribution >= 0.6 is 15.9 Å². The highest BCUT2D eigenvalue weighted by molar-refractivity contribution is 9.10. The standard InChI is InChI=1S/C22H21BrN2O4/c1-16(26)29-19-7-4-6-18(15-19)22(28)25-13-11-24(12-14-25)21(27)10-9-17-5-2-3-8-20(17)23/h2-10,15H,11-14H2,1H3/b10-9+. The molecule has 0 unspecified atom stereocenters. The Labute approximate surface area is 177 Å². The van der Waals surface area contributed by atoms with Crippen molar-refractivity contribution in [3.63, 3.8) is 0 Å². The largest absolute Gasteiger partial charge is 0.427 e. The number of carbonyl (C=O) groups excluding carboxylic acids is 3. The van der Waals surface area contributed by atoms with Crippen LogP contribution in [0.3, 0.4) is 0 Å². The molecule has 7 heteroatoms. The third kappa shape index (κ3) is 5.54. The molecule has 0 spiro atoms. The molecule has 1 aliphatic rings. The highest BCUT2D eigenvalue weighted by atomic mass is 79.9. The number of hydrogen-bond donors (Lipinski definition) is 0. The second-order valence-electron chi connectivity index (χ2n) is 6.59. The Kier molecular flexibility index (Phi) is 6.82. The summed E-state index contributed by atoms with van der Waals surface area (Å²) in [5.74, 6) is -0.314. The first kappa shape index (κ1) is 20.8. The number of carbonyl (C=O) groups is 3. The van der Waals surface area contributed by atoms with Crippen molar-refractivity contribution < 1.29 is 19.1 Å². The van der Waals surface area contributed by atoms with Gasteiger partial charge in [0, 0.05) is 49.2 Å². The molecule has 2 aromatic carbocycles. The van der Waals surface area contributed by atoms with Gasteiger partial charge in [-0.2, -0.15) is 0 Å². The van der Waals surface area contributed by atoms with Gasteiger partial charge >= 0.3 is 5.97 Å². The molecule has 1 saturated heterocycles. The van der Waals surface area contributed by atoms with Crippen LogP contribution in [0.2, 0.25) is 0 Å². The van der Waals surface area contributed by atoms with Crippen LogP contribution in [0, 0.1) is 0 Å². The molecule has 1 aliphatic heterocycles. The van der Waals surface area contributed by atoms with Crippen LogP contribution in [0.1, 0.15) is 22.8 Å².